The number of nitriles is 1. The molecule has 2 aromatic heterocycles. The quantitative estimate of drug-likeness (QED) is 0.205. The molecule has 8 nitrogen and oxygen atoms in total. The summed E-state index contributed by atoms with van der Waals surface area (Å²) < 4.78 is 66.5. The molecule has 0 fully saturated rings. The van der Waals surface area contributed by atoms with E-state index < -0.39 is 41.0 Å². The summed E-state index contributed by atoms with van der Waals surface area (Å²) in [6.07, 6.45) is 2.08. The van der Waals surface area contributed by atoms with Gasteiger partial charge in [-0.25, -0.2) is 13.5 Å². The van der Waals surface area contributed by atoms with E-state index in [1.54, 1.807) is 36.4 Å². The van der Waals surface area contributed by atoms with Crippen molar-refractivity contribution in [2.75, 3.05) is 0 Å². The van der Waals surface area contributed by atoms with Crippen LogP contribution < -0.4 is 4.74 Å². The summed E-state index contributed by atoms with van der Waals surface area (Å²) in [6.45, 7) is -0.645. The predicted octanol–water partition coefficient (Wildman–Crippen LogP) is 4.88. The zero-order valence-corrected chi connectivity index (χ0v) is 22.1. The standard InChI is InChI=1S/C31H20F4N6O2/c32-25-10-13-27(28(33)15-25)30(42,19-41-20-38-39-40-41)31(34,35)29-14-9-23(17-37-29)4-1-21-2-5-24(6-3-21)18-43-26-11-7-22(16-36)8-12-26/h2-3,5-15,17,20,42H,18-19H2. The third-order valence-corrected chi connectivity index (χ3v) is 6.46. The van der Waals surface area contributed by atoms with Gasteiger partial charge in [-0.3, -0.25) is 4.98 Å². The summed E-state index contributed by atoms with van der Waals surface area (Å²) in [4.78, 5) is 3.80. The highest BCUT2D eigenvalue weighted by Gasteiger charge is 2.58. The molecule has 3 aromatic carbocycles. The third kappa shape index (κ3) is 6.35. The molecule has 214 valence electrons. The summed E-state index contributed by atoms with van der Waals surface area (Å²) in [5.41, 5.74) is -2.57. The van der Waals surface area contributed by atoms with Crippen molar-refractivity contribution in [2.45, 2.75) is 24.7 Å². The van der Waals surface area contributed by atoms with E-state index in [0.717, 1.165) is 41.0 Å². The van der Waals surface area contributed by atoms with E-state index in [9.17, 15) is 13.9 Å². The van der Waals surface area contributed by atoms with Crippen molar-refractivity contribution in [3.63, 3.8) is 0 Å². The van der Waals surface area contributed by atoms with E-state index >= 15 is 8.78 Å². The van der Waals surface area contributed by atoms with Gasteiger partial charge in [0.25, 0.3) is 0 Å². The van der Waals surface area contributed by atoms with Crippen LogP contribution >= 0.6 is 0 Å². The molecule has 0 radical (unpaired) electrons. The lowest BCUT2D eigenvalue weighted by Gasteiger charge is -2.35. The van der Waals surface area contributed by atoms with E-state index in [1.165, 1.54) is 6.07 Å². The van der Waals surface area contributed by atoms with Gasteiger partial charge in [0.2, 0.25) is 0 Å². The van der Waals surface area contributed by atoms with Crippen LogP contribution in [0.3, 0.4) is 0 Å². The fourth-order valence-corrected chi connectivity index (χ4v) is 4.15. The minimum Gasteiger partial charge on any atom is -0.489 e. The zero-order chi connectivity index (χ0) is 30.5. The lowest BCUT2D eigenvalue weighted by molar-refractivity contribution is -0.207. The van der Waals surface area contributed by atoms with Crippen molar-refractivity contribution in [3.05, 3.63) is 137 Å². The molecule has 5 aromatic rings. The van der Waals surface area contributed by atoms with Crippen LogP contribution in [-0.2, 0) is 24.7 Å². The molecule has 12 heteroatoms. The zero-order valence-electron chi connectivity index (χ0n) is 22.1. The molecule has 5 rings (SSSR count). The Balaban J connectivity index is 1.31. The second-order valence-corrected chi connectivity index (χ2v) is 9.37. The van der Waals surface area contributed by atoms with E-state index in [4.69, 9.17) is 10.00 Å². The van der Waals surface area contributed by atoms with Crippen molar-refractivity contribution in [3.8, 4) is 23.7 Å². The first-order chi connectivity index (χ1) is 20.7. The summed E-state index contributed by atoms with van der Waals surface area (Å²) in [5, 5.41) is 30.3. The predicted molar refractivity (Wildman–Crippen MR) is 144 cm³/mol. The number of hydrogen-bond acceptors (Lipinski definition) is 7. The maximum Gasteiger partial charge on any atom is 0.323 e. The van der Waals surface area contributed by atoms with Gasteiger partial charge in [-0.1, -0.05) is 24.0 Å². The highest BCUT2D eigenvalue weighted by Crippen LogP contribution is 2.46. The number of tetrazole rings is 1. The SMILES string of the molecule is N#Cc1ccc(OCc2ccc(C#Cc3ccc(C(F)(F)C(O)(Cn4cnnn4)c4ccc(F)cc4F)nc3)cc2)cc1. The number of aromatic nitrogens is 5. The Bertz CT molecular complexity index is 1810. The summed E-state index contributed by atoms with van der Waals surface area (Å²) >= 11 is 0. The first-order valence-corrected chi connectivity index (χ1v) is 12.6. The van der Waals surface area contributed by atoms with Crippen LogP contribution in [0.5, 0.6) is 5.75 Å². The Morgan fingerprint density at radius 1 is 0.884 bits per heavy atom. The van der Waals surface area contributed by atoms with Crippen LogP contribution in [-0.4, -0.2) is 30.3 Å². The van der Waals surface area contributed by atoms with Crippen LogP contribution in [0, 0.1) is 34.8 Å². The summed E-state index contributed by atoms with van der Waals surface area (Å²) in [7, 11) is 0. The van der Waals surface area contributed by atoms with Crippen molar-refractivity contribution >= 4 is 0 Å². The molecule has 1 unspecified atom stereocenters. The van der Waals surface area contributed by atoms with E-state index in [2.05, 4.69) is 32.4 Å². The van der Waals surface area contributed by atoms with Crippen molar-refractivity contribution in [1.82, 2.24) is 25.2 Å². The average molecular weight is 585 g/mol. The maximum absolute atomic E-state index is 15.9. The number of aliphatic hydroxyl groups is 1. The van der Waals surface area contributed by atoms with Gasteiger partial charge >= 0.3 is 5.92 Å². The highest BCUT2D eigenvalue weighted by molar-refractivity contribution is 5.43. The van der Waals surface area contributed by atoms with Crippen LogP contribution in [0.25, 0.3) is 0 Å². The van der Waals surface area contributed by atoms with Gasteiger partial charge < -0.3 is 9.84 Å². The van der Waals surface area contributed by atoms with Crippen molar-refractivity contribution < 1.29 is 27.4 Å². The van der Waals surface area contributed by atoms with Gasteiger partial charge in [-0.2, -0.15) is 14.0 Å². The highest BCUT2D eigenvalue weighted by atomic mass is 19.3. The minimum atomic E-state index is -4.17. The molecule has 43 heavy (non-hydrogen) atoms. The molecule has 0 aliphatic rings. The second-order valence-electron chi connectivity index (χ2n) is 9.37. The molecule has 0 saturated carbocycles. The Hall–Kier alpha value is -5.59. The Kier molecular flexibility index (Phi) is 8.14. The van der Waals surface area contributed by atoms with Crippen LogP contribution in [0.2, 0.25) is 0 Å². The van der Waals surface area contributed by atoms with Crippen molar-refractivity contribution in [2.24, 2.45) is 0 Å². The lowest BCUT2D eigenvalue weighted by Crippen LogP contribution is -2.48. The number of halogens is 4. The molecule has 0 spiro atoms. The lowest BCUT2D eigenvalue weighted by atomic mass is 9.84. The topological polar surface area (TPSA) is 110 Å². The van der Waals surface area contributed by atoms with Gasteiger partial charge in [-0.05, 0) is 76.7 Å². The first kappa shape index (κ1) is 28.9. The number of benzene rings is 3. The Morgan fingerprint density at radius 2 is 1.58 bits per heavy atom. The number of ether oxygens (including phenoxy) is 1. The Labute approximate surface area is 242 Å². The molecule has 0 aliphatic heterocycles. The Morgan fingerprint density at radius 3 is 2.21 bits per heavy atom. The third-order valence-electron chi connectivity index (χ3n) is 6.46. The molecule has 2 heterocycles. The summed E-state index contributed by atoms with van der Waals surface area (Å²) in [5.74, 6) is -0.148. The van der Waals surface area contributed by atoms with E-state index in [-0.39, 0.29) is 0 Å². The van der Waals surface area contributed by atoms with Crippen molar-refractivity contribution in [1.29, 1.82) is 5.26 Å². The van der Waals surface area contributed by atoms with Gasteiger partial charge in [0.1, 0.15) is 36.0 Å². The van der Waals surface area contributed by atoms with Crippen LogP contribution in [0.4, 0.5) is 17.6 Å². The van der Waals surface area contributed by atoms with Gasteiger partial charge in [0, 0.05) is 29.0 Å². The van der Waals surface area contributed by atoms with Gasteiger partial charge in [0.05, 0.1) is 18.2 Å². The maximum atomic E-state index is 15.9. The van der Waals surface area contributed by atoms with Gasteiger partial charge in [-0.15, -0.1) is 5.10 Å². The number of alkyl halides is 2. The number of rotatable bonds is 8. The molecule has 0 saturated heterocycles. The van der Waals surface area contributed by atoms with Gasteiger partial charge in [0.15, 0.2) is 5.60 Å². The molecule has 0 bridgehead atoms. The largest absolute Gasteiger partial charge is 0.489 e. The molecule has 1 N–H and O–H groups in total. The van der Waals surface area contributed by atoms with Crippen LogP contribution in [0.1, 0.15) is 33.5 Å². The molecule has 0 aliphatic carbocycles. The summed E-state index contributed by atoms with van der Waals surface area (Å²) in [6, 6.07) is 20.2. The van der Waals surface area contributed by atoms with E-state index in [0.29, 0.717) is 35.1 Å². The molecular weight excluding hydrogens is 564 g/mol. The molecular formula is C31H20F4N6O2. The molecule has 1 atom stereocenters. The molecule has 0 amide bonds. The number of pyridine rings is 1. The van der Waals surface area contributed by atoms with E-state index in [1.807, 2.05) is 18.2 Å². The second kappa shape index (κ2) is 12.1. The average Bonchev–Trinajstić information content (AvgIpc) is 3.52. The number of nitrogens with zero attached hydrogens (tertiary/aromatic N) is 6. The monoisotopic (exact) mass is 584 g/mol. The first-order valence-electron chi connectivity index (χ1n) is 12.6. The van der Waals surface area contributed by atoms with Crippen LogP contribution in [0.15, 0.2) is 91.4 Å². The normalized spacial score (nSPS) is 12.5. The minimum absolute atomic E-state index is 0.306. The fourth-order valence-electron chi connectivity index (χ4n) is 4.15. The fraction of sp³-hybridized carbons (Fsp3) is 0.129. The smallest absolute Gasteiger partial charge is 0.323 e. The number of hydrogen-bond donors (Lipinski definition) is 1.